The summed E-state index contributed by atoms with van der Waals surface area (Å²) in [4.78, 5) is 4.38. The van der Waals surface area contributed by atoms with Crippen molar-refractivity contribution in [1.29, 1.82) is 5.26 Å². The van der Waals surface area contributed by atoms with Gasteiger partial charge in [0, 0.05) is 5.56 Å². The van der Waals surface area contributed by atoms with Gasteiger partial charge in [-0.1, -0.05) is 35.3 Å². The summed E-state index contributed by atoms with van der Waals surface area (Å²) in [7, 11) is 0. The van der Waals surface area contributed by atoms with Crippen molar-refractivity contribution in [2.24, 2.45) is 0 Å². The Morgan fingerprint density at radius 1 is 1.12 bits per heavy atom. The molecule has 0 amide bonds. The van der Waals surface area contributed by atoms with E-state index >= 15 is 0 Å². The molecule has 84 valence electrons. The summed E-state index contributed by atoms with van der Waals surface area (Å²) in [5.74, 6) is 0. The Kier molecular flexibility index (Phi) is 3.63. The van der Waals surface area contributed by atoms with Gasteiger partial charge < -0.3 is 0 Å². The van der Waals surface area contributed by atoms with E-state index in [0.717, 1.165) is 17.0 Å². The number of hydrogen-bond donors (Lipinski definition) is 0. The summed E-state index contributed by atoms with van der Waals surface area (Å²) in [5, 5.41) is 9.65. The number of nitrogens with zero attached hydrogens (tertiary/aromatic N) is 2. The molecule has 1 aromatic heterocycles. The molecule has 0 unspecified atom stereocenters. The van der Waals surface area contributed by atoms with Crippen LogP contribution < -0.4 is 0 Å². The molecule has 0 saturated carbocycles. The zero-order chi connectivity index (χ0) is 12.3. The molecule has 0 aliphatic heterocycles. The molecule has 17 heavy (non-hydrogen) atoms. The van der Waals surface area contributed by atoms with E-state index in [9.17, 15) is 0 Å². The standard InChI is InChI=1S/C13H8Cl2N2/c14-11-5-4-9(8-12(11)15)13-3-1-2-10(17-13)6-7-16/h1-5,8H,6H2. The Labute approximate surface area is 109 Å². The van der Waals surface area contributed by atoms with Crippen molar-refractivity contribution in [2.45, 2.75) is 6.42 Å². The molecule has 0 N–H and O–H groups in total. The van der Waals surface area contributed by atoms with Gasteiger partial charge >= 0.3 is 0 Å². The van der Waals surface area contributed by atoms with Crippen LogP contribution in [0.25, 0.3) is 11.3 Å². The van der Waals surface area contributed by atoms with E-state index in [1.807, 2.05) is 24.3 Å². The molecule has 0 radical (unpaired) electrons. The Morgan fingerprint density at radius 2 is 1.94 bits per heavy atom. The van der Waals surface area contributed by atoms with Crippen molar-refractivity contribution in [3.8, 4) is 17.3 Å². The first-order valence-corrected chi connectivity index (χ1v) is 5.74. The highest BCUT2D eigenvalue weighted by molar-refractivity contribution is 6.42. The lowest BCUT2D eigenvalue weighted by molar-refractivity contribution is 1.12. The van der Waals surface area contributed by atoms with Gasteiger partial charge in [-0.05, 0) is 24.3 Å². The van der Waals surface area contributed by atoms with Crippen LogP contribution >= 0.6 is 23.2 Å². The molecule has 1 heterocycles. The highest BCUT2D eigenvalue weighted by Crippen LogP contribution is 2.27. The Balaban J connectivity index is 2.42. The minimum Gasteiger partial charge on any atom is -0.252 e. The van der Waals surface area contributed by atoms with E-state index < -0.39 is 0 Å². The maximum atomic E-state index is 8.63. The number of pyridine rings is 1. The van der Waals surface area contributed by atoms with E-state index in [2.05, 4.69) is 11.1 Å². The molecule has 0 atom stereocenters. The SMILES string of the molecule is N#CCc1cccc(-c2ccc(Cl)c(Cl)c2)n1. The van der Waals surface area contributed by atoms with Gasteiger partial charge in [-0.3, -0.25) is 4.98 Å². The zero-order valence-electron chi connectivity index (χ0n) is 8.82. The lowest BCUT2D eigenvalue weighted by Crippen LogP contribution is -1.90. The number of halogens is 2. The van der Waals surface area contributed by atoms with E-state index in [4.69, 9.17) is 28.5 Å². The predicted octanol–water partition coefficient (Wildman–Crippen LogP) is 4.12. The summed E-state index contributed by atoms with van der Waals surface area (Å²) >= 11 is 11.8. The van der Waals surface area contributed by atoms with Gasteiger partial charge in [0.25, 0.3) is 0 Å². The molecule has 1 aromatic carbocycles. The number of rotatable bonds is 2. The second kappa shape index (κ2) is 5.18. The van der Waals surface area contributed by atoms with E-state index in [0.29, 0.717) is 16.5 Å². The van der Waals surface area contributed by atoms with Crippen LogP contribution in [0.1, 0.15) is 5.69 Å². The van der Waals surface area contributed by atoms with Crippen molar-refractivity contribution >= 4 is 23.2 Å². The molecular weight excluding hydrogens is 255 g/mol. The van der Waals surface area contributed by atoms with Gasteiger partial charge in [-0.2, -0.15) is 5.26 Å². The van der Waals surface area contributed by atoms with Gasteiger partial charge in [-0.15, -0.1) is 0 Å². The Hall–Kier alpha value is -1.56. The van der Waals surface area contributed by atoms with Crippen LogP contribution in [0.15, 0.2) is 36.4 Å². The van der Waals surface area contributed by atoms with E-state index in [1.54, 1.807) is 12.1 Å². The number of hydrogen-bond acceptors (Lipinski definition) is 2. The minimum atomic E-state index is 0.301. The molecule has 0 bridgehead atoms. The van der Waals surface area contributed by atoms with Crippen LogP contribution in [0.3, 0.4) is 0 Å². The summed E-state index contributed by atoms with van der Waals surface area (Å²) in [6, 6.07) is 13.0. The summed E-state index contributed by atoms with van der Waals surface area (Å²) < 4.78 is 0. The van der Waals surface area contributed by atoms with Gasteiger partial charge in [0.1, 0.15) is 0 Å². The van der Waals surface area contributed by atoms with E-state index in [-0.39, 0.29) is 0 Å². The van der Waals surface area contributed by atoms with Crippen LogP contribution in [0.5, 0.6) is 0 Å². The van der Waals surface area contributed by atoms with Gasteiger partial charge in [0.05, 0.1) is 33.9 Å². The average molecular weight is 263 g/mol. The first-order chi connectivity index (χ1) is 8.20. The summed E-state index contributed by atoms with van der Waals surface area (Å²) in [6.45, 7) is 0. The molecule has 0 aliphatic rings. The largest absolute Gasteiger partial charge is 0.252 e. The number of benzene rings is 1. The van der Waals surface area contributed by atoms with Crippen molar-refractivity contribution in [3.05, 3.63) is 52.1 Å². The second-order valence-corrected chi connectivity index (χ2v) is 4.29. The highest BCUT2D eigenvalue weighted by Gasteiger charge is 2.04. The lowest BCUT2D eigenvalue weighted by Gasteiger charge is -2.04. The molecule has 4 heteroatoms. The molecule has 2 nitrogen and oxygen atoms in total. The third kappa shape index (κ3) is 2.76. The molecule has 0 saturated heterocycles. The average Bonchev–Trinajstić information content (AvgIpc) is 2.33. The Bertz CT molecular complexity index is 588. The van der Waals surface area contributed by atoms with Crippen LogP contribution in [-0.2, 0) is 6.42 Å². The second-order valence-electron chi connectivity index (χ2n) is 3.48. The van der Waals surface area contributed by atoms with Gasteiger partial charge in [0.15, 0.2) is 0 Å². The minimum absolute atomic E-state index is 0.301. The normalized spacial score (nSPS) is 9.94. The molecule has 0 aliphatic carbocycles. The van der Waals surface area contributed by atoms with Crippen LogP contribution in [-0.4, -0.2) is 4.98 Å². The molecule has 0 fully saturated rings. The highest BCUT2D eigenvalue weighted by atomic mass is 35.5. The summed E-state index contributed by atoms with van der Waals surface area (Å²) in [5.41, 5.74) is 2.42. The first kappa shape index (κ1) is 11.9. The molecule has 2 rings (SSSR count). The maximum absolute atomic E-state index is 8.63. The lowest BCUT2D eigenvalue weighted by atomic mass is 10.1. The topological polar surface area (TPSA) is 36.7 Å². The number of nitriles is 1. The summed E-state index contributed by atoms with van der Waals surface area (Å²) in [6.07, 6.45) is 0.301. The third-order valence-corrected chi connectivity index (χ3v) is 3.02. The van der Waals surface area contributed by atoms with Crippen molar-refractivity contribution in [2.75, 3.05) is 0 Å². The fourth-order valence-corrected chi connectivity index (χ4v) is 1.77. The molecule has 2 aromatic rings. The van der Waals surface area contributed by atoms with Gasteiger partial charge in [0.2, 0.25) is 0 Å². The molecular formula is C13H8Cl2N2. The van der Waals surface area contributed by atoms with Gasteiger partial charge in [-0.25, -0.2) is 0 Å². The third-order valence-electron chi connectivity index (χ3n) is 2.28. The fraction of sp³-hybridized carbons (Fsp3) is 0.0769. The van der Waals surface area contributed by atoms with Crippen molar-refractivity contribution in [1.82, 2.24) is 4.98 Å². The zero-order valence-corrected chi connectivity index (χ0v) is 10.3. The monoisotopic (exact) mass is 262 g/mol. The quantitative estimate of drug-likeness (QED) is 0.817. The van der Waals surface area contributed by atoms with E-state index in [1.165, 1.54) is 0 Å². The van der Waals surface area contributed by atoms with Crippen LogP contribution in [0.4, 0.5) is 0 Å². The van der Waals surface area contributed by atoms with Crippen LogP contribution in [0.2, 0.25) is 10.0 Å². The Morgan fingerprint density at radius 3 is 2.65 bits per heavy atom. The van der Waals surface area contributed by atoms with Crippen molar-refractivity contribution in [3.63, 3.8) is 0 Å². The number of aromatic nitrogens is 1. The first-order valence-electron chi connectivity index (χ1n) is 4.99. The predicted molar refractivity (Wildman–Crippen MR) is 69.0 cm³/mol. The molecule has 0 spiro atoms. The smallest absolute Gasteiger partial charge is 0.0774 e. The maximum Gasteiger partial charge on any atom is 0.0774 e. The fourth-order valence-electron chi connectivity index (χ4n) is 1.48. The van der Waals surface area contributed by atoms with Crippen LogP contribution in [0, 0.1) is 11.3 Å². The van der Waals surface area contributed by atoms with Crippen molar-refractivity contribution < 1.29 is 0 Å².